The van der Waals surface area contributed by atoms with E-state index in [-0.39, 0.29) is 18.4 Å². The molecule has 2 aromatic rings. The lowest BCUT2D eigenvalue weighted by atomic mass is 10.0. The van der Waals surface area contributed by atoms with Crippen molar-refractivity contribution in [2.24, 2.45) is 0 Å². The lowest BCUT2D eigenvalue weighted by Gasteiger charge is -2.15. The lowest BCUT2D eigenvalue weighted by Crippen LogP contribution is -2.20. The summed E-state index contributed by atoms with van der Waals surface area (Å²) in [6.07, 6.45) is 0. The van der Waals surface area contributed by atoms with Crippen molar-refractivity contribution in [1.82, 2.24) is 4.98 Å². The van der Waals surface area contributed by atoms with Gasteiger partial charge in [-0.3, -0.25) is 10.1 Å². The van der Waals surface area contributed by atoms with Crippen molar-refractivity contribution in [1.29, 1.82) is 0 Å². The van der Waals surface area contributed by atoms with Crippen molar-refractivity contribution < 1.29 is 9.53 Å². The number of hydrogen-bond acceptors (Lipinski definition) is 4. The number of nitrogens with one attached hydrogen (secondary N) is 1. The van der Waals surface area contributed by atoms with E-state index in [9.17, 15) is 4.79 Å². The maximum absolute atomic E-state index is 11.9. The van der Waals surface area contributed by atoms with Crippen LogP contribution in [0.3, 0.4) is 0 Å². The molecule has 1 aromatic carbocycles. The minimum Gasteiger partial charge on any atom is -0.483 e. The van der Waals surface area contributed by atoms with Gasteiger partial charge in [0, 0.05) is 10.4 Å². The van der Waals surface area contributed by atoms with E-state index in [0.717, 1.165) is 16.8 Å². The van der Waals surface area contributed by atoms with Crippen molar-refractivity contribution >= 4 is 34.0 Å². The number of carbonyl (C=O) groups is 1. The highest BCUT2D eigenvalue weighted by molar-refractivity contribution is 7.13. The van der Waals surface area contributed by atoms with Crippen LogP contribution >= 0.6 is 22.9 Å². The van der Waals surface area contributed by atoms with Crippen LogP contribution in [-0.2, 0) is 4.79 Å². The molecule has 0 spiro atoms. The molecule has 1 amide bonds. The van der Waals surface area contributed by atoms with E-state index in [1.807, 2.05) is 31.4 Å². The van der Waals surface area contributed by atoms with Gasteiger partial charge in [-0.1, -0.05) is 25.4 Å². The third-order valence-corrected chi connectivity index (χ3v) is 4.42. The predicted molar refractivity (Wildman–Crippen MR) is 91.3 cm³/mol. The number of hydrogen-bond donors (Lipinski definition) is 1. The second kappa shape index (κ2) is 7.11. The zero-order valence-electron chi connectivity index (χ0n) is 13.1. The summed E-state index contributed by atoms with van der Waals surface area (Å²) < 4.78 is 5.68. The van der Waals surface area contributed by atoms with E-state index >= 15 is 0 Å². The second-order valence-corrected chi connectivity index (χ2v) is 6.69. The first-order chi connectivity index (χ1) is 10.4. The normalized spacial score (nSPS) is 10.8. The van der Waals surface area contributed by atoms with Crippen LogP contribution in [0, 0.1) is 13.8 Å². The van der Waals surface area contributed by atoms with Crippen LogP contribution < -0.4 is 10.1 Å². The van der Waals surface area contributed by atoms with Gasteiger partial charge in [-0.2, -0.15) is 0 Å². The molecule has 4 nitrogen and oxygen atoms in total. The Hall–Kier alpha value is -1.59. The molecule has 1 N–H and O–H groups in total. The standard InChI is InChI=1S/C16H19ClN2O2S/c1-9(2)12-6-13(17)10(3)5-14(12)21-7-15(20)19-16-18-11(4)8-22-16/h5-6,8-9H,7H2,1-4H3,(H,18,19,20). The minimum atomic E-state index is -0.225. The SMILES string of the molecule is Cc1csc(NC(=O)COc2cc(C)c(Cl)cc2C(C)C)n1. The summed E-state index contributed by atoms with van der Waals surface area (Å²) >= 11 is 7.56. The smallest absolute Gasteiger partial charge is 0.264 e. The third-order valence-electron chi connectivity index (χ3n) is 3.14. The Morgan fingerprint density at radius 2 is 2.14 bits per heavy atom. The monoisotopic (exact) mass is 338 g/mol. The molecular weight excluding hydrogens is 320 g/mol. The quantitative estimate of drug-likeness (QED) is 0.869. The second-order valence-electron chi connectivity index (χ2n) is 5.42. The maximum Gasteiger partial charge on any atom is 0.264 e. The van der Waals surface area contributed by atoms with Crippen LogP contribution in [0.2, 0.25) is 5.02 Å². The highest BCUT2D eigenvalue weighted by Crippen LogP contribution is 2.32. The Kier molecular flexibility index (Phi) is 5.42. The Morgan fingerprint density at radius 3 is 2.73 bits per heavy atom. The number of nitrogens with zero attached hydrogens (tertiary/aromatic N) is 1. The molecule has 0 radical (unpaired) electrons. The molecule has 1 aromatic heterocycles. The van der Waals surface area contributed by atoms with Crippen molar-refractivity contribution in [2.75, 3.05) is 11.9 Å². The summed E-state index contributed by atoms with van der Waals surface area (Å²) in [5.41, 5.74) is 2.81. The number of thiazole rings is 1. The van der Waals surface area contributed by atoms with E-state index in [1.165, 1.54) is 11.3 Å². The maximum atomic E-state index is 11.9. The van der Waals surface area contributed by atoms with E-state index in [0.29, 0.717) is 15.9 Å². The number of halogens is 1. The highest BCUT2D eigenvalue weighted by Gasteiger charge is 2.13. The van der Waals surface area contributed by atoms with Crippen LogP contribution in [0.1, 0.15) is 36.6 Å². The molecule has 118 valence electrons. The fourth-order valence-electron chi connectivity index (χ4n) is 1.96. The molecule has 0 unspecified atom stereocenters. The minimum absolute atomic E-state index is 0.0561. The van der Waals surface area contributed by atoms with E-state index in [2.05, 4.69) is 24.1 Å². The molecule has 0 saturated carbocycles. The molecule has 0 aliphatic carbocycles. The molecule has 0 fully saturated rings. The van der Waals surface area contributed by atoms with Crippen LogP contribution in [-0.4, -0.2) is 17.5 Å². The number of ether oxygens (including phenoxy) is 1. The topological polar surface area (TPSA) is 51.2 Å². The van der Waals surface area contributed by atoms with Gasteiger partial charge in [-0.25, -0.2) is 4.98 Å². The number of aromatic nitrogens is 1. The first kappa shape index (κ1) is 16.8. The van der Waals surface area contributed by atoms with Gasteiger partial charge in [0.05, 0.1) is 5.69 Å². The molecule has 0 aliphatic heterocycles. The summed E-state index contributed by atoms with van der Waals surface area (Å²) in [5, 5.41) is 5.90. The molecule has 2 rings (SSSR count). The first-order valence-corrected chi connectivity index (χ1v) is 8.27. The molecule has 0 aliphatic rings. The zero-order valence-corrected chi connectivity index (χ0v) is 14.6. The Labute approximate surface area is 139 Å². The van der Waals surface area contributed by atoms with Gasteiger partial charge in [-0.15, -0.1) is 11.3 Å². The van der Waals surface area contributed by atoms with Gasteiger partial charge in [0.1, 0.15) is 5.75 Å². The number of rotatable bonds is 5. The van der Waals surface area contributed by atoms with Gasteiger partial charge in [-0.05, 0) is 43.0 Å². The van der Waals surface area contributed by atoms with Crippen molar-refractivity contribution in [3.63, 3.8) is 0 Å². The fraction of sp³-hybridized carbons (Fsp3) is 0.375. The van der Waals surface area contributed by atoms with E-state index in [1.54, 1.807) is 0 Å². The summed E-state index contributed by atoms with van der Waals surface area (Å²) in [6.45, 7) is 7.86. The highest BCUT2D eigenvalue weighted by atomic mass is 35.5. The van der Waals surface area contributed by atoms with Crippen LogP contribution in [0.5, 0.6) is 5.75 Å². The van der Waals surface area contributed by atoms with Crippen molar-refractivity contribution in [2.45, 2.75) is 33.6 Å². The van der Waals surface area contributed by atoms with Crippen LogP contribution in [0.15, 0.2) is 17.5 Å². The average molecular weight is 339 g/mol. The van der Waals surface area contributed by atoms with Crippen LogP contribution in [0.4, 0.5) is 5.13 Å². The molecule has 0 bridgehead atoms. The number of carbonyl (C=O) groups excluding carboxylic acids is 1. The summed E-state index contributed by atoms with van der Waals surface area (Å²) in [6, 6.07) is 3.78. The Balaban J connectivity index is 2.04. The summed E-state index contributed by atoms with van der Waals surface area (Å²) in [5.74, 6) is 0.733. The lowest BCUT2D eigenvalue weighted by molar-refractivity contribution is -0.118. The number of amides is 1. The molecule has 22 heavy (non-hydrogen) atoms. The largest absolute Gasteiger partial charge is 0.483 e. The average Bonchev–Trinajstić information content (AvgIpc) is 2.84. The van der Waals surface area contributed by atoms with Gasteiger partial charge in [0.15, 0.2) is 11.7 Å². The Morgan fingerprint density at radius 1 is 1.41 bits per heavy atom. The molecule has 0 saturated heterocycles. The number of aryl methyl sites for hydroxylation is 2. The molecule has 1 heterocycles. The molecular formula is C16H19ClN2O2S. The number of anilines is 1. The van der Waals surface area contributed by atoms with E-state index in [4.69, 9.17) is 16.3 Å². The van der Waals surface area contributed by atoms with Crippen molar-refractivity contribution in [3.05, 3.63) is 39.4 Å². The summed E-state index contributed by atoms with van der Waals surface area (Å²) in [7, 11) is 0. The van der Waals surface area contributed by atoms with Gasteiger partial charge < -0.3 is 4.74 Å². The number of benzene rings is 1. The van der Waals surface area contributed by atoms with Gasteiger partial charge in [0.2, 0.25) is 0 Å². The predicted octanol–water partition coefficient (Wildman–Crippen LogP) is 4.55. The van der Waals surface area contributed by atoms with Gasteiger partial charge in [0.25, 0.3) is 5.91 Å². The fourth-order valence-corrected chi connectivity index (χ4v) is 2.83. The van der Waals surface area contributed by atoms with Crippen LogP contribution in [0.25, 0.3) is 0 Å². The summed E-state index contributed by atoms with van der Waals surface area (Å²) in [4.78, 5) is 16.1. The van der Waals surface area contributed by atoms with Crippen molar-refractivity contribution in [3.8, 4) is 5.75 Å². The molecule has 6 heteroatoms. The molecule has 0 atom stereocenters. The zero-order chi connectivity index (χ0) is 16.3. The third kappa shape index (κ3) is 4.21. The van der Waals surface area contributed by atoms with Gasteiger partial charge >= 0.3 is 0 Å². The Bertz CT molecular complexity index is 683. The van der Waals surface area contributed by atoms with E-state index < -0.39 is 0 Å². The first-order valence-electron chi connectivity index (χ1n) is 7.01.